The van der Waals surface area contributed by atoms with E-state index < -0.39 is 42.3 Å². The van der Waals surface area contributed by atoms with E-state index in [9.17, 15) is 19.2 Å². The molecular weight excluding hydrogens is 304 g/mol. The molecule has 8 heteroatoms. The molecule has 0 bridgehead atoms. The first-order valence-corrected chi connectivity index (χ1v) is 6.85. The molecule has 2 atom stereocenters. The average molecular weight is 322 g/mol. The quantitative estimate of drug-likeness (QED) is 0.523. The van der Waals surface area contributed by atoms with Gasteiger partial charge in [-0.15, -0.1) is 0 Å². The lowest BCUT2D eigenvalue weighted by atomic mass is 10.0. The van der Waals surface area contributed by atoms with Gasteiger partial charge in [-0.1, -0.05) is 30.3 Å². The van der Waals surface area contributed by atoms with E-state index in [-0.39, 0.29) is 6.42 Å². The van der Waals surface area contributed by atoms with Crippen molar-refractivity contribution in [1.82, 2.24) is 10.6 Å². The SMILES string of the molecule is CC(=O)N[C@@H](Cc1ccccc1)C(=O)N[C@H](CC(=O)O)C(=O)O. The Kier molecular flexibility index (Phi) is 6.72. The highest BCUT2D eigenvalue weighted by Gasteiger charge is 2.27. The van der Waals surface area contributed by atoms with Gasteiger partial charge in [-0.2, -0.15) is 0 Å². The van der Waals surface area contributed by atoms with Crippen molar-refractivity contribution in [3.05, 3.63) is 35.9 Å². The minimum Gasteiger partial charge on any atom is -0.481 e. The van der Waals surface area contributed by atoms with Gasteiger partial charge >= 0.3 is 11.9 Å². The first-order valence-electron chi connectivity index (χ1n) is 6.85. The summed E-state index contributed by atoms with van der Waals surface area (Å²) in [6.07, 6.45) is -0.592. The number of rotatable bonds is 8. The fraction of sp³-hybridized carbons (Fsp3) is 0.333. The number of carboxylic acid groups (broad SMARTS) is 2. The number of carboxylic acids is 2. The van der Waals surface area contributed by atoms with Crippen LogP contribution in [0.4, 0.5) is 0 Å². The highest BCUT2D eigenvalue weighted by Crippen LogP contribution is 2.04. The molecule has 8 nitrogen and oxygen atoms in total. The fourth-order valence-corrected chi connectivity index (χ4v) is 1.95. The van der Waals surface area contributed by atoms with Crippen LogP contribution in [0.3, 0.4) is 0 Å². The maximum atomic E-state index is 12.2. The van der Waals surface area contributed by atoms with Crippen LogP contribution in [0.2, 0.25) is 0 Å². The standard InChI is InChI=1S/C15H18N2O6/c1-9(18)16-11(7-10-5-3-2-4-6-10)14(21)17-12(15(22)23)8-13(19)20/h2-6,11-12H,7-8H2,1H3,(H,16,18)(H,17,21)(H,19,20)(H,22,23)/t11-,12+/m0/s1. The highest BCUT2D eigenvalue weighted by molar-refractivity contribution is 5.91. The van der Waals surface area contributed by atoms with Crippen molar-refractivity contribution in [2.24, 2.45) is 0 Å². The summed E-state index contributed by atoms with van der Waals surface area (Å²) in [6, 6.07) is 6.29. The summed E-state index contributed by atoms with van der Waals surface area (Å²) in [5, 5.41) is 22.2. The molecule has 0 unspecified atom stereocenters. The zero-order valence-corrected chi connectivity index (χ0v) is 12.5. The Bertz CT molecular complexity index is 587. The lowest BCUT2D eigenvalue weighted by molar-refractivity contribution is -0.147. The molecule has 0 saturated carbocycles. The van der Waals surface area contributed by atoms with Crippen LogP contribution in [0.15, 0.2) is 30.3 Å². The summed E-state index contributed by atoms with van der Waals surface area (Å²) in [5.74, 6) is -4.01. The second-order valence-electron chi connectivity index (χ2n) is 4.94. The van der Waals surface area contributed by atoms with Gasteiger partial charge in [0.25, 0.3) is 0 Å². The Morgan fingerprint density at radius 2 is 1.61 bits per heavy atom. The molecule has 0 aliphatic rings. The molecule has 0 aromatic heterocycles. The van der Waals surface area contributed by atoms with Crippen molar-refractivity contribution in [3.63, 3.8) is 0 Å². The van der Waals surface area contributed by atoms with E-state index in [1.165, 1.54) is 6.92 Å². The zero-order chi connectivity index (χ0) is 17.4. The average Bonchev–Trinajstić information content (AvgIpc) is 2.45. The Hall–Kier alpha value is -2.90. The van der Waals surface area contributed by atoms with Gasteiger partial charge < -0.3 is 20.8 Å². The smallest absolute Gasteiger partial charge is 0.326 e. The lowest BCUT2D eigenvalue weighted by Gasteiger charge is -2.20. The van der Waals surface area contributed by atoms with E-state index in [1.54, 1.807) is 30.3 Å². The van der Waals surface area contributed by atoms with Crippen LogP contribution in [0.25, 0.3) is 0 Å². The van der Waals surface area contributed by atoms with E-state index in [2.05, 4.69) is 10.6 Å². The molecule has 0 aliphatic heterocycles. The van der Waals surface area contributed by atoms with Gasteiger partial charge in [0.15, 0.2) is 0 Å². The van der Waals surface area contributed by atoms with Gasteiger partial charge in [0.2, 0.25) is 11.8 Å². The summed E-state index contributed by atoms with van der Waals surface area (Å²) >= 11 is 0. The Labute approximate surface area is 132 Å². The van der Waals surface area contributed by atoms with Crippen molar-refractivity contribution in [2.75, 3.05) is 0 Å². The molecule has 1 aromatic rings. The number of aliphatic carboxylic acids is 2. The molecule has 0 radical (unpaired) electrons. The van der Waals surface area contributed by atoms with Gasteiger partial charge in [-0.25, -0.2) is 4.79 Å². The highest BCUT2D eigenvalue weighted by atomic mass is 16.4. The van der Waals surface area contributed by atoms with Crippen molar-refractivity contribution < 1.29 is 29.4 Å². The third kappa shape index (κ3) is 6.60. The molecule has 0 heterocycles. The summed E-state index contributed by atoms with van der Waals surface area (Å²) in [5.41, 5.74) is 0.770. The molecule has 0 fully saturated rings. The number of amides is 2. The third-order valence-corrected chi connectivity index (χ3v) is 2.97. The molecule has 2 amide bonds. The van der Waals surface area contributed by atoms with Crippen molar-refractivity contribution in [1.29, 1.82) is 0 Å². The van der Waals surface area contributed by atoms with E-state index in [0.717, 1.165) is 5.56 Å². The van der Waals surface area contributed by atoms with Crippen molar-refractivity contribution in [3.8, 4) is 0 Å². The Balaban J connectivity index is 2.83. The molecular formula is C15H18N2O6. The zero-order valence-electron chi connectivity index (χ0n) is 12.5. The summed E-state index contributed by atoms with van der Waals surface area (Å²) in [4.78, 5) is 45.1. The lowest BCUT2D eigenvalue weighted by Crippen LogP contribution is -2.52. The molecule has 0 spiro atoms. The molecule has 4 N–H and O–H groups in total. The molecule has 124 valence electrons. The van der Waals surface area contributed by atoms with E-state index in [4.69, 9.17) is 10.2 Å². The van der Waals surface area contributed by atoms with Crippen LogP contribution in [0, 0.1) is 0 Å². The van der Waals surface area contributed by atoms with E-state index in [0.29, 0.717) is 0 Å². The van der Waals surface area contributed by atoms with Gasteiger partial charge in [0, 0.05) is 13.3 Å². The monoisotopic (exact) mass is 322 g/mol. The number of nitrogens with one attached hydrogen (secondary N) is 2. The Morgan fingerprint density at radius 3 is 2.09 bits per heavy atom. The summed E-state index contributed by atoms with van der Waals surface area (Å²) in [7, 11) is 0. The van der Waals surface area contributed by atoms with Crippen LogP contribution in [-0.2, 0) is 25.6 Å². The second-order valence-corrected chi connectivity index (χ2v) is 4.94. The van der Waals surface area contributed by atoms with Crippen molar-refractivity contribution in [2.45, 2.75) is 31.8 Å². The van der Waals surface area contributed by atoms with Crippen LogP contribution in [0.1, 0.15) is 18.9 Å². The van der Waals surface area contributed by atoms with Gasteiger partial charge in [0.1, 0.15) is 12.1 Å². The number of carbonyl (C=O) groups is 4. The Morgan fingerprint density at radius 1 is 1.00 bits per heavy atom. The molecule has 0 saturated heterocycles. The van der Waals surface area contributed by atoms with E-state index >= 15 is 0 Å². The van der Waals surface area contributed by atoms with Crippen LogP contribution in [-0.4, -0.2) is 46.0 Å². The first-order chi connectivity index (χ1) is 10.8. The minimum absolute atomic E-state index is 0.158. The maximum Gasteiger partial charge on any atom is 0.326 e. The van der Waals surface area contributed by atoms with E-state index in [1.807, 2.05) is 0 Å². The normalized spacial score (nSPS) is 12.7. The van der Waals surface area contributed by atoms with Crippen molar-refractivity contribution >= 4 is 23.8 Å². The van der Waals surface area contributed by atoms with Crippen LogP contribution < -0.4 is 10.6 Å². The fourth-order valence-electron chi connectivity index (χ4n) is 1.95. The summed E-state index contributed by atoms with van der Waals surface area (Å²) in [6.45, 7) is 1.23. The number of carbonyl (C=O) groups excluding carboxylic acids is 2. The maximum absolute atomic E-state index is 12.2. The molecule has 0 aliphatic carbocycles. The largest absolute Gasteiger partial charge is 0.481 e. The number of hydrogen-bond acceptors (Lipinski definition) is 4. The third-order valence-electron chi connectivity index (χ3n) is 2.97. The van der Waals surface area contributed by atoms with Crippen LogP contribution in [0.5, 0.6) is 0 Å². The predicted molar refractivity (Wildman–Crippen MR) is 79.6 cm³/mol. The van der Waals surface area contributed by atoms with Crippen LogP contribution >= 0.6 is 0 Å². The minimum atomic E-state index is -1.56. The van der Waals surface area contributed by atoms with Gasteiger partial charge in [-0.05, 0) is 5.56 Å². The summed E-state index contributed by atoms with van der Waals surface area (Å²) < 4.78 is 0. The number of benzene rings is 1. The van der Waals surface area contributed by atoms with Gasteiger partial charge in [0.05, 0.1) is 6.42 Å². The van der Waals surface area contributed by atoms with Gasteiger partial charge in [-0.3, -0.25) is 14.4 Å². The number of hydrogen-bond donors (Lipinski definition) is 4. The molecule has 1 aromatic carbocycles. The topological polar surface area (TPSA) is 133 Å². The molecule has 23 heavy (non-hydrogen) atoms. The second kappa shape index (κ2) is 8.52. The predicted octanol–water partition coefficient (Wildman–Crippen LogP) is -0.222. The first kappa shape index (κ1) is 18.1. The molecule has 1 rings (SSSR count).